The summed E-state index contributed by atoms with van der Waals surface area (Å²) in [6.45, 7) is 0. The van der Waals surface area contributed by atoms with Crippen LogP contribution in [0, 0.1) is 0 Å². The highest BCUT2D eigenvalue weighted by molar-refractivity contribution is 6.06. The van der Waals surface area contributed by atoms with Crippen LogP contribution in [0.1, 0.15) is 10.4 Å². The van der Waals surface area contributed by atoms with Crippen molar-refractivity contribution in [2.24, 2.45) is 0 Å². The zero-order valence-electron chi connectivity index (χ0n) is 11.9. The van der Waals surface area contributed by atoms with E-state index in [1.807, 2.05) is 30.3 Å². The standard InChI is InChI=1S/C16H11N5O2/c22-15(19-16-17-9-18-20-16)11-6-7-13-12(8-11)14(23-21-13)10-4-2-1-3-5-10/h1-9H,(H2,17,18,19,20,22). The molecule has 23 heavy (non-hydrogen) atoms. The highest BCUT2D eigenvalue weighted by Gasteiger charge is 2.14. The molecular formula is C16H11N5O2. The number of nitrogens with zero attached hydrogens (tertiary/aromatic N) is 3. The van der Waals surface area contributed by atoms with E-state index >= 15 is 0 Å². The third-order valence-electron chi connectivity index (χ3n) is 3.42. The van der Waals surface area contributed by atoms with Crippen LogP contribution in [-0.4, -0.2) is 26.2 Å². The second-order valence-electron chi connectivity index (χ2n) is 4.90. The third-order valence-corrected chi connectivity index (χ3v) is 3.42. The van der Waals surface area contributed by atoms with Gasteiger partial charge in [-0.15, -0.1) is 0 Å². The number of carbonyl (C=O) groups excluding carboxylic acids is 1. The van der Waals surface area contributed by atoms with Gasteiger partial charge in [0.1, 0.15) is 11.8 Å². The van der Waals surface area contributed by atoms with Gasteiger partial charge in [0, 0.05) is 11.1 Å². The Labute approximate surface area is 130 Å². The molecule has 7 nitrogen and oxygen atoms in total. The molecule has 0 atom stereocenters. The Morgan fingerprint density at radius 2 is 2.00 bits per heavy atom. The molecule has 0 radical (unpaired) electrons. The Morgan fingerprint density at radius 1 is 1.13 bits per heavy atom. The molecule has 0 aliphatic carbocycles. The molecule has 4 aromatic rings. The number of rotatable bonds is 3. The molecule has 2 N–H and O–H groups in total. The quantitative estimate of drug-likeness (QED) is 0.606. The number of carbonyl (C=O) groups is 1. The molecule has 7 heteroatoms. The number of fused-ring (bicyclic) bond motifs is 1. The van der Waals surface area contributed by atoms with Crippen LogP contribution in [-0.2, 0) is 0 Å². The maximum Gasteiger partial charge on any atom is 0.258 e. The SMILES string of the molecule is O=C(Nc1ncn[nH]1)c1ccc2noc(-c3ccccc3)c2c1. The minimum absolute atomic E-state index is 0.288. The number of amides is 1. The fourth-order valence-electron chi connectivity index (χ4n) is 2.33. The van der Waals surface area contributed by atoms with Crippen LogP contribution in [0.2, 0.25) is 0 Å². The Kier molecular flexibility index (Phi) is 3.09. The van der Waals surface area contributed by atoms with E-state index in [2.05, 4.69) is 25.7 Å². The number of benzene rings is 2. The summed E-state index contributed by atoms with van der Waals surface area (Å²) < 4.78 is 5.43. The summed E-state index contributed by atoms with van der Waals surface area (Å²) in [5.41, 5.74) is 2.08. The van der Waals surface area contributed by atoms with Crippen molar-refractivity contribution in [1.29, 1.82) is 0 Å². The van der Waals surface area contributed by atoms with Crippen molar-refractivity contribution in [1.82, 2.24) is 20.3 Å². The van der Waals surface area contributed by atoms with Crippen LogP contribution in [0.5, 0.6) is 0 Å². The van der Waals surface area contributed by atoms with E-state index in [0.29, 0.717) is 22.8 Å². The maximum absolute atomic E-state index is 12.3. The number of hydrogen-bond acceptors (Lipinski definition) is 5. The molecule has 0 saturated heterocycles. The lowest BCUT2D eigenvalue weighted by Gasteiger charge is -2.02. The number of hydrogen-bond donors (Lipinski definition) is 2. The van der Waals surface area contributed by atoms with Crippen LogP contribution >= 0.6 is 0 Å². The third kappa shape index (κ3) is 2.44. The summed E-state index contributed by atoms with van der Waals surface area (Å²) in [6, 6.07) is 14.8. The number of aromatic nitrogens is 4. The average Bonchev–Trinajstić information content (AvgIpc) is 3.24. The zero-order valence-corrected chi connectivity index (χ0v) is 11.9. The van der Waals surface area contributed by atoms with Crippen LogP contribution in [0.15, 0.2) is 59.4 Å². The minimum Gasteiger partial charge on any atom is -0.355 e. The zero-order chi connectivity index (χ0) is 15.6. The summed E-state index contributed by atoms with van der Waals surface area (Å²) >= 11 is 0. The van der Waals surface area contributed by atoms with Gasteiger partial charge in [-0.3, -0.25) is 10.1 Å². The predicted octanol–water partition coefficient (Wildman–Crippen LogP) is 2.87. The molecule has 0 bridgehead atoms. The van der Waals surface area contributed by atoms with Crippen molar-refractivity contribution in [2.75, 3.05) is 5.32 Å². The molecule has 2 aromatic carbocycles. The molecule has 0 saturated carbocycles. The van der Waals surface area contributed by atoms with Crippen molar-refractivity contribution >= 4 is 22.8 Å². The second kappa shape index (κ2) is 5.38. The normalized spacial score (nSPS) is 10.8. The van der Waals surface area contributed by atoms with Gasteiger partial charge < -0.3 is 4.52 Å². The fraction of sp³-hybridized carbons (Fsp3) is 0. The van der Waals surface area contributed by atoms with Crippen LogP contribution < -0.4 is 5.32 Å². The number of aromatic amines is 1. The van der Waals surface area contributed by atoms with Crippen LogP contribution in [0.3, 0.4) is 0 Å². The molecule has 2 aromatic heterocycles. The van der Waals surface area contributed by atoms with Gasteiger partial charge in [0.05, 0.1) is 5.39 Å². The van der Waals surface area contributed by atoms with E-state index in [4.69, 9.17) is 4.52 Å². The summed E-state index contributed by atoms with van der Waals surface area (Å²) in [7, 11) is 0. The fourth-order valence-corrected chi connectivity index (χ4v) is 2.33. The molecule has 2 heterocycles. The molecule has 0 spiro atoms. The van der Waals surface area contributed by atoms with E-state index in [-0.39, 0.29) is 5.91 Å². The lowest BCUT2D eigenvalue weighted by molar-refractivity contribution is 0.102. The lowest BCUT2D eigenvalue weighted by atomic mass is 10.1. The molecule has 112 valence electrons. The molecule has 0 fully saturated rings. The Balaban J connectivity index is 1.74. The predicted molar refractivity (Wildman–Crippen MR) is 83.8 cm³/mol. The minimum atomic E-state index is -0.288. The summed E-state index contributed by atoms with van der Waals surface area (Å²) in [5, 5.41) is 13.7. The van der Waals surface area contributed by atoms with Crippen molar-refractivity contribution < 1.29 is 9.32 Å². The van der Waals surface area contributed by atoms with Gasteiger partial charge in [-0.05, 0) is 18.2 Å². The first-order valence-corrected chi connectivity index (χ1v) is 6.93. The second-order valence-corrected chi connectivity index (χ2v) is 4.90. The summed E-state index contributed by atoms with van der Waals surface area (Å²) in [4.78, 5) is 16.1. The van der Waals surface area contributed by atoms with E-state index in [1.54, 1.807) is 18.2 Å². The van der Waals surface area contributed by atoms with Crippen molar-refractivity contribution in [2.45, 2.75) is 0 Å². The van der Waals surface area contributed by atoms with Gasteiger partial charge in [-0.2, -0.15) is 10.1 Å². The van der Waals surface area contributed by atoms with E-state index in [1.165, 1.54) is 6.33 Å². The van der Waals surface area contributed by atoms with Gasteiger partial charge in [0.2, 0.25) is 5.95 Å². The Bertz CT molecular complexity index is 961. The smallest absolute Gasteiger partial charge is 0.258 e. The largest absolute Gasteiger partial charge is 0.355 e. The van der Waals surface area contributed by atoms with E-state index in [0.717, 1.165) is 10.9 Å². The lowest BCUT2D eigenvalue weighted by Crippen LogP contribution is -2.12. The number of nitrogens with one attached hydrogen (secondary N) is 2. The summed E-state index contributed by atoms with van der Waals surface area (Å²) in [6.07, 6.45) is 1.33. The highest BCUT2D eigenvalue weighted by Crippen LogP contribution is 2.29. The molecule has 1 amide bonds. The maximum atomic E-state index is 12.3. The molecule has 0 unspecified atom stereocenters. The monoisotopic (exact) mass is 305 g/mol. The van der Waals surface area contributed by atoms with Crippen LogP contribution in [0.4, 0.5) is 5.95 Å². The summed E-state index contributed by atoms with van der Waals surface area (Å²) in [5.74, 6) is 0.641. The molecular weight excluding hydrogens is 294 g/mol. The van der Waals surface area contributed by atoms with Crippen molar-refractivity contribution in [3.63, 3.8) is 0 Å². The van der Waals surface area contributed by atoms with Gasteiger partial charge in [0.15, 0.2) is 5.76 Å². The van der Waals surface area contributed by atoms with Gasteiger partial charge in [-0.25, -0.2) is 5.10 Å². The first-order chi connectivity index (χ1) is 11.3. The topological polar surface area (TPSA) is 96.7 Å². The first-order valence-electron chi connectivity index (χ1n) is 6.93. The Morgan fingerprint density at radius 3 is 2.78 bits per heavy atom. The van der Waals surface area contributed by atoms with Crippen molar-refractivity contribution in [3.8, 4) is 11.3 Å². The van der Waals surface area contributed by atoms with Gasteiger partial charge >= 0.3 is 0 Å². The van der Waals surface area contributed by atoms with Crippen LogP contribution in [0.25, 0.3) is 22.2 Å². The van der Waals surface area contributed by atoms with Gasteiger partial charge in [-0.1, -0.05) is 35.5 Å². The number of H-pyrrole nitrogens is 1. The molecule has 4 rings (SSSR count). The first kappa shape index (κ1) is 13.2. The van der Waals surface area contributed by atoms with Crippen molar-refractivity contribution in [3.05, 3.63) is 60.4 Å². The Hall–Kier alpha value is -3.48. The molecule has 0 aliphatic heterocycles. The van der Waals surface area contributed by atoms with E-state index < -0.39 is 0 Å². The van der Waals surface area contributed by atoms with E-state index in [9.17, 15) is 4.79 Å². The number of anilines is 1. The highest BCUT2D eigenvalue weighted by atomic mass is 16.5. The molecule has 0 aliphatic rings. The van der Waals surface area contributed by atoms with Gasteiger partial charge in [0.25, 0.3) is 5.91 Å². The average molecular weight is 305 g/mol.